The van der Waals surface area contributed by atoms with Gasteiger partial charge in [-0.3, -0.25) is 4.68 Å². The predicted octanol–water partition coefficient (Wildman–Crippen LogP) is 0.156. The maximum atomic E-state index is 9.51. The fraction of sp³-hybridized carbons (Fsp3) is 0.625. The van der Waals surface area contributed by atoms with Crippen molar-refractivity contribution in [3.8, 4) is 0 Å². The van der Waals surface area contributed by atoms with E-state index in [1.807, 2.05) is 20.2 Å². The molecule has 1 aromatic rings. The van der Waals surface area contributed by atoms with Gasteiger partial charge in [-0.15, -0.1) is 0 Å². The van der Waals surface area contributed by atoms with E-state index >= 15 is 0 Å². The SMILES string of the molecule is CCn1cc(C(O)CNC)cn1. The Bertz CT molecular complexity index is 234. The third-order valence-electron chi connectivity index (χ3n) is 1.76. The van der Waals surface area contributed by atoms with Gasteiger partial charge in [-0.05, 0) is 14.0 Å². The van der Waals surface area contributed by atoms with Crippen LogP contribution in [0.2, 0.25) is 0 Å². The second-order valence-corrected chi connectivity index (χ2v) is 2.70. The van der Waals surface area contributed by atoms with E-state index in [1.54, 1.807) is 10.9 Å². The van der Waals surface area contributed by atoms with Gasteiger partial charge in [-0.25, -0.2) is 0 Å². The molecular formula is C8H15N3O. The Morgan fingerprint density at radius 3 is 3.00 bits per heavy atom. The van der Waals surface area contributed by atoms with Gasteiger partial charge in [0.1, 0.15) is 0 Å². The minimum Gasteiger partial charge on any atom is -0.387 e. The van der Waals surface area contributed by atoms with Crippen LogP contribution in [-0.4, -0.2) is 28.5 Å². The first-order valence-electron chi connectivity index (χ1n) is 4.13. The Balaban J connectivity index is 2.61. The molecule has 0 aliphatic heterocycles. The molecule has 1 unspecified atom stereocenters. The molecule has 0 radical (unpaired) electrons. The fourth-order valence-electron chi connectivity index (χ4n) is 1.04. The van der Waals surface area contributed by atoms with Crippen molar-refractivity contribution < 1.29 is 5.11 Å². The first-order valence-corrected chi connectivity index (χ1v) is 4.13. The minimum atomic E-state index is -0.449. The molecule has 1 rings (SSSR count). The molecule has 1 atom stereocenters. The molecule has 2 N–H and O–H groups in total. The Hall–Kier alpha value is -0.870. The Labute approximate surface area is 72.2 Å². The number of aliphatic hydroxyl groups is 1. The third kappa shape index (κ3) is 2.06. The topological polar surface area (TPSA) is 50.1 Å². The van der Waals surface area contributed by atoms with Crippen molar-refractivity contribution in [3.05, 3.63) is 18.0 Å². The molecule has 12 heavy (non-hydrogen) atoms. The summed E-state index contributed by atoms with van der Waals surface area (Å²) in [6.45, 7) is 3.42. The van der Waals surface area contributed by atoms with Crippen LogP contribution in [0.1, 0.15) is 18.6 Å². The summed E-state index contributed by atoms with van der Waals surface area (Å²) in [6, 6.07) is 0. The van der Waals surface area contributed by atoms with Crippen LogP contribution in [0.25, 0.3) is 0 Å². The molecule has 4 nitrogen and oxygen atoms in total. The summed E-state index contributed by atoms with van der Waals surface area (Å²) in [5.74, 6) is 0. The van der Waals surface area contributed by atoms with Gasteiger partial charge in [-0.1, -0.05) is 0 Å². The quantitative estimate of drug-likeness (QED) is 0.675. The number of nitrogens with zero attached hydrogens (tertiary/aromatic N) is 2. The third-order valence-corrected chi connectivity index (χ3v) is 1.76. The van der Waals surface area contributed by atoms with Gasteiger partial charge >= 0.3 is 0 Å². The van der Waals surface area contributed by atoms with Crippen molar-refractivity contribution in [2.45, 2.75) is 19.6 Å². The molecule has 1 heterocycles. The number of hydrogen-bond acceptors (Lipinski definition) is 3. The standard InChI is InChI=1S/C8H15N3O/c1-3-11-6-7(4-10-11)8(12)5-9-2/h4,6,8-9,12H,3,5H2,1-2H3. The molecule has 1 aromatic heterocycles. The zero-order valence-corrected chi connectivity index (χ0v) is 7.49. The summed E-state index contributed by atoms with van der Waals surface area (Å²) in [4.78, 5) is 0. The zero-order chi connectivity index (χ0) is 8.97. The molecule has 0 fully saturated rings. The van der Waals surface area contributed by atoms with Gasteiger partial charge in [0.05, 0.1) is 12.3 Å². The molecular weight excluding hydrogens is 154 g/mol. The van der Waals surface area contributed by atoms with Crippen LogP contribution in [0.4, 0.5) is 0 Å². The molecule has 0 saturated heterocycles. The first-order chi connectivity index (χ1) is 5.77. The zero-order valence-electron chi connectivity index (χ0n) is 7.49. The van der Waals surface area contributed by atoms with Gasteiger partial charge in [0.15, 0.2) is 0 Å². The van der Waals surface area contributed by atoms with Crippen LogP contribution in [0.3, 0.4) is 0 Å². The molecule has 0 spiro atoms. The molecule has 0 amide bonds. The van der Waals surface area contributed by atoms with E-state index < -0.39 is 6.10 Å². The lowest BCUT2D eigenvalue weighted by atomic mass is 10.2. The lowest BCUT2D eigenvalue weighted by Gasteiger charge is -2.05. The van der Waals surface area contributed by atoms with Crippen LogP contribution in [0.15, 0.2) is 12.4 Å². The summed E-state index contributed by atoms with van der Waals surface area (Å²) in [7, 11) is 1.81. The molecule has 0 aliphatic rings. The molecule has 0 aromatic carbocycles. The van der Waals surface area contributed by atoms with Gasteiger partial charge in [-0.2, -0.15) is 5.10 Å². The van der Waals surface area contributed by atoms with Crippen LogP contribution < -0.4 is 5.32 Å². The summed E-state index contributed by atoms with van der Waals surface area (Å²) >= 11 is 0. The highest BCUT2D eigenvalue weighted by Gasteiger charge is 2.07. The number of aryl methyl sites for hydroxylation is 1. The van der Waals surface area contributed by atoms with Crippen molar-refractivity contribution in [2.75, 3.05) is 13.6 Å². The van der Waals surface area contributed by atoms with E-state index in [0.29, 0.717) is 6.54 Å². The highest BCUT2D eigenvalue weighted by atomic mass is 16.3. The van der Waals surface area contributed by atoms with E-state index in [0.717, 1.165) is 12.1 Å². The number of likely N-dealkylation sites (N-methyl/N-ethyl adjacent to an activating group) is 1. The Kier molecular flexibility index (Phi) is 3.25. The van der Waals surface area contributed by atoms with Crippen LogP contribution in [0, 0.1) is 0 Å². The Morgan fingerprint density at radius 2 is 2.50 bits per heavy atom. The first kappa shape index (κ1) is 9.22. The molecule has 0 bridgehead atoms. The lowest BCUT2D eigenvalue weighted by Crippen LogP contribution is -2.16. The van der Waals surface area contributed by atoms with Gasteiger partial charge in [0.25, 0.3) is 0 Å². The van der Waals surface area contributed by atoms with E-state index in [2.05, 4.69) is 10.4 Å². The summed E-state index contributed by atoms with van der Waals surface area (Å²) in [5.41, 5.74) is 0.867. The van der Waals surface area contributed by atoms with Gasteiger partial charge < -0.3 is 10.4 Å². The van der Waals surface area contributed by atoms with Gasteiger partial charge in [0.2, 0.25) is 0 Å². The largest absolute Gasteiger partial charge is 0.387 e. The molecule has 0 aliphatic carbocycles. The lowest BCUT2D eigenvalue weighted by molar-refractivity contribution is 0.177. The van der Waals surface area contributed by atoms with Crippen molar-refractivity contribution in [2.24, 2.45) is 0 Å². The number of rotatable bonds is 4. The van der Waals surface area contributed by atoms with Crippen molar-refractivity contribution in [3.63, 3.8) is 0 Å². The van der Waals surface area contributed by atoms with Crippen LogP contribution >= 0.6 is 0 Å². The van der Waals surface area contributed by atoms with Crippen molar-refractivity contribution in [1.29, 1.82) is 0 Å². The normalized spacial score (nSPS) is 13.2. The predicted molar refractivity (Wildman–Crippen MR) is 46.8 cm³/mol. The number of hydrogen-bond donors (Lipinski definition) is 2. The Morgan fingerprint density at radius 1 is 1.75 bits per heavy atom. The smallest absolute Gasteiger partial charge is 0.0944 e. The number of aliphatic hydroxyl groups excluding tert-OH is 1. The van der Waals surface area contributed by atoms with Crippen LogP contribution in [-0.2, 0) is 6.54 Å². The van der Waals surface area contributed by atoms with Crippen molar-refractivity contribution in [1.82, 2.24) is 15.1 Å². The average Bonchev–Trinajstić information content (AvgIpc) is 2.52. The highest BCUT2D eigenvalue weighted by Crippen LogP contribution is 2.09. The molecule has 68 valence electrons. The fourth-order valence-corrected chi connectivity index (χ4v) is 1.04. The summed E-state index contributed by atoms with van der Waals surface area (Å²) in [5, 5.41) is 16.5. The van der Waals surface area contributed by atoms with E-state index in [4.69, 9.17) is 0 Å². The summed E-state index contributed by atoms with van der Waals surface area (Å²) in [6.07, 6.45) is 3.11. The van der Waals surface area contributed by atoms with Crippen LogP contribution in [0.5, 0.6) is 0 Å². The average molecular weight is 169 g/mol. The number of nitrogens with one attached hydrogen (secondary N) is 1. The highest BCUT2D eigenvalue weighted by molar-refractivity contribution is 5.08. The van der Waals surface area contributed by atoms with Crippen molar-refractivity contribution >= 4 is 0 Å². The van der Waals surface area contributed by atoms with E-state index in [-0.39, 0.29) is 0 Å². The van der Waals surface area contributed by atoms with E-state index in [1.165, 1.54) is 0 Å². The molecule has 4 heteroatoms. The molecule has 0 saturated carbocycles. The second-order valence-electron chi connectivity index (χ2n) is 2.70. The number of aromatic nitrogens is 2. The minimum absolute atomic E-state index is 0.449. The second kappa shape index (κ2) is 4.23. The maximum Gasteiger partial charge on any atom is 0.0944 e. The van der Waals surface area contributed by atoms with E-state index in [9.17, 15) is 5.11 Å². The summed E-state index contributed by atoms with van der Waals surface area (Å²) < 4.78 is 1.80. The van der Waals surface area contributed by atoms with Gasteiger partial charge in [0, 0.05) is 24.8 Å². The monoisotopic (exact) mass is 169 g/mol. The maximum absolute atomic E-state index is 9.51.